The first kappa shape index (κ1) is 15.7. The topological polar surface area (TPSA) is 84.1 Å². The van der Waals surface area contributed by atoms with E-state index in [9.17, 15) is 9.59 Å². The summed E-state index contributed by atoms with van der Waals surface area (Å²) in [6.07, 6.45) is 0. The van der Waals surface area contributed by atoms with Crippen LogP contribution in [0.4, 0.5) is 5.69 Å². The Bertz CT molecular complexity index is 898. The Morgan fingerprint density at radius 1 is 1.17 bits per heavy atom. The van der Waals surface area contributed by atoms with Crippen LogP contribution in [-0.2, 0) is 4.74 Å². The number of fused-ring (bicyclic) bond motifs is 1. The number of nitrogens with one attached hydrogen (secondary N) is 2. The molecule has 3 aromatic rings. The standard InChI is InChI=1S/C18H17N3O3/c1-3-24-18(23)12-7-9-13(10-8-12)21-17(22)14-5-4-6-15-16(14)20-11(2)19-15/h4-10H,3H2,1-2H3,(H,19,20)(H,21,22). The number of aryl methyl sites for hydroxylation is 1. The maximum atomic E-state index is 12.5. The molecular weight excluding hydrogens is 306 g/mol. The van der Waals surface area contributed by atoms with Crippen molar-refractivity contribution in [1.82, 2.24) is 9.97 Å². The van der Waals surface area contributed by atoms with Crippen LogP contribution >= 0.6 is 0 Å². The van der Waals surface area contributed by atoms with Crippen molar-refractivity contribution < 1.29 is 14.3 Å². The van der Waals surface area contributed by atoms with Gasteiger partial charge in [0.2, 0.25) is 0 Å². The van der Waals surface area contributed by atoms with E-state index < -0.39 is 0 Å². The maximum Gasteiger partial charge on any atom is 0.338 e. The summed E-state index contributed by atoms with van der Waals surface area (Å²) in [4.78, 5) is 31.6. The Hall–Kier alpha value is -3.15. The van der Waals surface area contributed by atoms with Crippen molar-refractivity contribution in [2.45, 2.75) is 13.8 Å². The molecule has 0 bridgehead atoms. The number of aromatic nitrogens is 2. The van der Waals surface area contributed by atoms with Crippen molar-refractivity contribution in [2.24, 2.45) is 0 Å². The van der Waals surface area contributed by atoms with Gasteiger partial charge in [0.15, 0.2) is 0 Å². The van der Waals surface area contributed by atoms with Crippen molar-refractivity contribution in [1.29, 1.82) is 0 Å². The molecule has 2 N–H and O–H groups in total. The highest BCUT2D eigenvalue weighted by Gasteiger charge is 2.13. The van der Waals surface area contributed by atoms with E-state index in [1.807, 2.05) is 13.0 Å². The summed E-state index contributed by atoms with van der Waals surface area (Å²) < 4.78 is 4.93. The minimum atomic E-state index is -0.382. The lowest BCUT2D eigenvalue weighted by atomic mass is 10.1. The van der Waals surface area contributed by atoms with E-state index in [2.05, 4.69) is 15.3 Å². The van der Waals surface area contributed by atoms with E-state index in [4.69, 9.17) is 4.74 Å². The summed E-state index contributed by atoms with van der Waals surface area (Å²) in [5.74, 6) is 0.118. The largest absolute Gasteiger partial charge is 0.462 e. The van der Waals surface area contributed by atoms with Crippen molar-refractivity contribution in [2.75, 3.05) is 11.9 Å². The van der Waals surface area contributed by atoms with Gasteiger partial charge < -0.3 is 15.0 Å². The molecule has 0 aliphatic carbocycles. The van der Waals surface area contributed by atoms with Gasteiger partial charge in [0.05, 0.1) is 23.3 Å². The molecule has 6 nitrogen and oxygen atoms in total. The molecule has 6 heteroatoms. The molecule has 0 radical (unpaired) electrons. The summed E-state index contributed by atoms with van der Waals surface area (Å²) in [6.45, 7) is 3.92. The van der Waals surface area contributed by atoms with Crippen LogP contribution in [0.1, 0.15) is 33.5 Å². The fourth-order valence-corrected chi connectivity index (χ4v) is 2.44. The minimum absolute atomic E-state index is 0.254. The quantitative estimate of drug-likeness (QED) is 0.722. The maximum absolute atomic E-state index is 12.5. The highest BCUT2D eigenvalue weighted by atomic mass is 16.5. The lowest BCUT2D eigenvalue weighted by Gasteiger charge is -2.07. The summed E-state index contributed by atoms with van der Waals surface area (Å²) >= 11 is 0. The molecule has 0 aliphatic heterocycles. The van der Waals surface area contributed by atoms with Crippen LogP contribution in [0, 0.1) is 6.92 Å². The molecule has 122 valence electrons. The molecule has 0 saturated heterocycles. The number of esters is 1. The zero-order valence-corrected chi connectivity index (χ0v) is 13.4. The smallest absolute Gasteiger partial charge is 0.338 e. The van der Waals surface area contributed by atoms with Crippen LogP contribution in [0.15, 0.2) is 42.5 Å². The molecule has 1 aromatic heterocycles. The number of ether oxygens (including phenoxy) is 1. The summed E-state index contributed by atoms with van der Waals surface area (Å²) in [7, 11) is 0. The van der Waals surface area contributed by atoms with Gasteiger partial charge in [-0.15, -0.1) is 0 Å². The Morgan fingerprint density at radius 3 is 2.62 bits per heavy atom. The molecule has 2 aromatic carbocycles. The van der Waals surface area contributed by atoms with Gasteiger partial charge in [-0.1, -0.05) is 6.07 Å². The van der Waals surface area contributed by atoms with Crippen LogP contribution in [0.3, 0.4) is 0 Å². The van der Waals surface area contributed by atoms with Gasteiger partial charge in [0.1, 0.15) is 11.3 Å². The first-order valence-electron chi connectivity index (χ1n) is 7.62. The zero-order chi connectivity index (χ0) is 17.1. The molecule has 1 amide bonds. The number of rotatable bonds is 4. The van der Waals surface area contributed by atoms with Gasteiger partial charge in [-0.2, -0.15) is 0 Å². The predicted molar refractivity (Wildman–Crippen MR) is 91.2 cm³/mol. The summed E-state index contributed by atoms with van der Waals surface area (Å²) in [6, 6.07) is 12.0. The van der Waals surface area contributed by atoms with E-state index in [-0.39, 0.29) is 11.9 Å². The fraction of sp³-hybridized carbons (Fsp3) is 0.167. The van der Waals surface area contributed by atoms with E-state index >= 15 is 0 Å². The fourth-order valence-electron chi connectivity index (χ4n) is 2.44. The van der Waals surface area contributed by atoms with Crippen molar-refractivity contribution >= 4 is 28.6 Å². The number of para-hydroxylation sites is 1. The number of hydrogen-bond acceptors (Lipinski definition) is 4. The van der Waals surface area contributed by atoms with Gasteiger partial charge in [-0.05, 0) is 50.2 Å². The number of imidazole rings is 1. The van der Waals surface area contributed by atoms with Gasteiger partial charge >= 0.3 is 5.97 Å². The lowest BCUT2D eigenvalue weighted by molar-refractivity contribution is 0.0526. The minimum Gasteiger partial charge on any atom is -0.462 e. The van der Waals surface area contributed by atoms with Gasteiger partial charge in [-0.25, -0.2) is 9.78 Å². The van der Waals surface area contributed by atoms with Crippen LogP contribution in [0.5, 0.6) is 0 Å². The number of amides is 1. The van der Waals surface area contributed by atoms with Gasteiger partial charge in [0.25, 0.3) is 5.91 Å². The predicted octanol–water partition coefficient (Wildman–Crippen LogP) is 3.30. The zero-order valence-electron chi connectivity index (χ0n) is 13.4. The summed E-state index contributed by atoms with van der Waals surface area (Å²) in [5, 5.41) is 2.81. The molecule has 0 atom stereocenters. The first-order valence-corrected chi connectivity index (χ1v) is 7.62. The van der Waals surface area contributed by atoms with Crippen LogP contribution in [-0.4, -0.2) is 28.5 Å². The van der Waals surface area contributed by atoms with Gasteiger partial charge in [-0.3, -0.25) is 4.79 Å². The van der Waals surface area contributed by atoms with E-state index in [1.165, 1.54) is 0 Å². The molecule has 24 heavy (non-hydrogen) atoms. The number of anilines is 1. The van der Waals surface area contributed by atoms with E-state index in [0.717, 1.165) is 11.3 Å². The normalized spacial score (nSPS) is 10.6. The Kier molecular flexibility index (Phi) is 4.29. The van der Waals surface area contributed by atoms with Crippen LogP contribution < -0.4 is 5.32 Å². The van der Waals surface area contributed by atoms with Crippen LogP contribution in [0.25, 0.3) is 11.0 Å². The second kappa shape index (κ2) is 6.54. The number of aromatic amines is 1. The molecule has 0 aliphatic rings. The second-order valence-corrected chi connectivity index (χ2v) is 5.28. The Labute approximate surface area is 138 Å². The highest BCUT2D eigenvalue weighted by Crippen LogP contribution is 2.18. The van der Waals surface area contributed by atoms with Crippen molar-refractivity contribution in [3.8, 4) is 0 Å². The molecule has 0 saturated carbocycles. The first-order chi connectivity index (χ1) is 11.6. The number of hydrogen-bond donors (Lipinski definition) is 2. The van der Waals surface area contributed by atoms with Crippen molar-refractivity contribution in [3.05, 3.63) is 59.4 Å². The lowest BCUT2D eigenvalue weighted by Crippen LogP contribution is -2.12. The average Bonchev–Trinajstić information content (AvgIpc) is 2.95. The molecule has 3 rings (SSSR count). The number of H-pyrrole nitrogens is 1. The number of carbonyl (C=O) groups is 2. The number of benzene rings is 2. The number of nitrogens with zero attached hydrogens (tertiary/aromatic N) is 1. The van der Waals surface area contributed by atoms with E-state index in [1.54, 1.807) is 43.3 Å². The SMILES string of the molecule is CCOC(=O)c1ccc(NC(=O)c2cccc3[nH]c(C)nc23)cc1. The molecule has 1 heterocycles. The van der Waals surface area contributed by atoms with Crippen LogP contribution in [0.2, 0.25) is 0 Å². The monoisotopic (exact) mass is 323 g/mol. The molecule has 0 spiro atoms. The molecule has 0 fully saturated rings. The highest BCUT2D eigenvalue weighted by molar-refractivity contribution is 6.11. The summed E-state index contributed by atoms with van der Waals surface area (Å²) in [5.41, 5.74) is 2.98. The number of carbonyl (C=O) groups excluding carboxylic acids is 2. The van der Waals surface area contributed by atoms with Crippen molar-refractivity contribution in [3.63, 3.8) is 0 Å². The average molecular weight is 323 g/mol. The third-order valence-electron chi connectivity index (χ3n) is 3.53. The Morgan fingerprint density at radius 2 is 1.92 bits per heavy atom. The second-order valence-electron chi connectivity index (χ2n) is 5.28. The third-order valence-corrected chi connectivity index (χ3v) is 3.53. The molecular formula is C18H17N3O3. The molecule has 0 unspecified atom stereocenters. The third kappa shape index (κ3) is 3.12. The van der Waals surface area contributed by atoms with E-state index in [0.29, 0.717) is 28.9 Å². The van der Waals surface area contributed by atoms with Gasteiger partial charge in [0, 0.05) is 5.69 Å². The Balaban J connectivity index is 1.80.